The van der Waals surface area contributed by atoms with Crippen LogP contribution >= 0.6 is 23.4 Å². The first-order chi connectivity index (χ1) is 32.9. The molecule has 3 saturated heterocycles. The molecule has 0 radical (unpaired) electrons. The van der Waals surface area contributed by atoms with Crippen molar-refractivity contribution < 1.29 is 47.5 Å². The van der Waals surface area contributed by atoms with Crippen LogP contribution in [0.3, 0.4) is 0 Å². The van der Waals surface area contributed by atoms with Gasteiger partial charge in [0.15, 0.2) is 12.6 Å². The maximum atomic E-state index is 14.7. The standard InChI is InChI=1S/C54H50ClNO10S/c1-34-45(59-30-35-16-6-2-7-17-35)48(60-31-36-18-8-3-9-19-36)49(61-32-37-20-10-4-11-21-37)53(63-34)66-47-44(56-50(57)41-24-14-15-25-42(41)51(56)58)54(67-40-28-26-39(55)27-29-40)64-43-33-62-52(65-46(43)47)38-22-12-5-13-23-38/h2-29,34,43-49,52-54H,30-33H2,1H3/t34-,43+,44+,45+,46+,47+,48+,49-,52+,53-,54-/m0/s1. The zero-order valence-corrected chi connectivity index (χ0v) is 38.2. The van der Waals surface area contributed by atoms with Gasteiger partial charge in [0.25, 0.3) is 11.8 Å². The third kappa shape index (κ3) is 10.2. The summed E-state index contributed by atoms with van der Waals surface area (Å²) in [6.45, 7) is 2.80. The number of halogens is 1. The Morgan fingerprint density at radius 1 is 0.582 bits per heavy atom. The van der Waals surface area contributed by atoms with Gasteiger partial charge in [-0.1, -0.05) is 157 Å². The summed E-state index contributed by atoms with van der Waals surface area (Å²) in [5.41, 5.74) is 3.38. The number of nitrogens with zero attached hydrogens (tertiary/aromatic N) is 1. The van der Waals surface area contributed by atoms with E-state index >= 15 is 0 Å². The van der Waals surface area contributed by atoms with Gasteiger partial charge in [-0.05, 0) is 60.0 Å². The number of rotatable bonds is 15. The first-order valence-electron chi connectivity index (χ1n) is 22.5. The molecule has 0 saturated carbocycles. The van der Waals surface area contributed by atoms with Gasteiger partial charge in [0.2, 0.25) is 0 Å². The zero-order chi connectivity index (χ0) is 45.7. The lowest BCUT2D eigenvalue weighted by atomic mass is 9.94. The SMILES string of the molecule is C[C@@H]1O[C@@H](O[C@H]2[C@@H]3O[C@H](c4ccccc4)OC[C@H]3O[C@@H](Sc3ccc(Cl)cc3)[C@@H]2N2C(=O)c3ccccc3C2=O)[C@@H](OCc2ccccc2)[C@H](OCc2ccccc2)[C@@H]1OCc1ccccc1. The van der Waals surface area contributed by atoms with Crippen molar-refractivity contribution in [2.24, 2.45) is 0 Å². The predicted molar refractivity (Wildman–Crippen MR) is 251 cm³/mol. The number of amides is 2. The number of imide groups is 1. The van der Waals surface area contributed by atoms with Gasteiger partial charge < -0.3 is 37.9 Å². The minimum atomic E-state index is -1.14. The quantitative estimate of drug-likeness (QED) is 0.0918. The van der Waals surface area contributed by atoms with Gasteiger partial charge in [0, 0.05) is 15.5 Å². The van der Waals surface area contributed by atoms with Crippen LogP contribution in [0.15, 0.2) is 175 Å². The zero-order valence-electron chi connectivity index (χ0n) is 36.7. The first-order valence-corrected chi connectivity index (χ1v) is 23.8. The Kier molecular flexibility index (Phi) is 14.3. The van der Waals surface area contributed by atoms with Gasteiger partial charge in [-0.2, -0.15) is 0 Å². The van der Waals surface area contributed by atoms with Crippen LogP contribution in [0.4, 0.5) is 0 Å². The van der Waals surface area contributed by atoms with Crippen LogP contribution in [-0.2, 0) is 57.7 Å². The Morgan fingerprint density at radius 3 is 1.66 bits per heavy atom. The van der Waals surface area contributed by atoms with E-state index in [1.54, 1.807) is 36.4 Å². The average Bonchev–Trinajstić information content (AvgIpc) is 3.62. The lowest BCUT2D eigenvalue weighted by Gasteiger charge is -2.53. The molecular weight excluding hydrogens is 890 g/mol. The van der Waals surface area contributed by atoms with E-state index in [0.717, 1.165) is 27.1 Å². The molecular formula is C54H50ClNO10S. The van der Waals surface area contributed by atoms with E-state index < -0.39 is 78.6 Å². The van der Waals surface area contributed by atoms with Crippen molar-refractivity contribution in [1.29, 1.82) is 0 Å². The molecule has 2 amide bonds. The molecule has 0 aliphatic carbocycles. The van der Waals surface area contributed by atoms with E-state index in [2.05, 4.69) is 0 Å². The molecule has 6 aromatic rings. The molecule has 4 aliphatic heterocycles. The fourth-order valence-corrected chi connectivity index (χ4v) is 10.4. The summed E-state index contributed by atoms with van der Waals surface area (Å²) in [7, 11) is 0. The number of fused-ring (bicyclic) bond motifs is 2. The minimum Gasteiger partial charge on any atom is -0.368 e. The molecule has 0 unspecified atom stereocenters. The molecule has 13 heteroatoms. The van der Waals surface area contributed by atoms with Crippen LogP contribution in [0.1, 0.15) is 56.2 Å². The summed E-state index contributed by atoms with van der Waals surface area (Å²) in [6.07, 6.45) is -7.43. The number of carbonyl (C=O) groups excluding carboxylic acids is 2. The summed E-state index contributed by atoms with van der Waals surface area (Å²) in [6, 6.07) is 52.4. The summed E-state index contributed by atoms with van der Waals surface area (Å²) in [5.74, 6) is -0.939. The molecule has 0 N–H and O–H groups in total. The highest BCUT2D eigenvalue weighted by atomic mass is 35.5. The molecule has 0 bridgehead atoms. The van der Waals surface area contributed by atoms with Crippen LogP contribution in [-0.4, -0.2) is 83.8 Å². The van der Waals surface area contributed by atoms with Crippen molar-refractivity contribution in [3.63, 3.8) is 0 Å². The molecule has 67 heavy (non-hydrogen) atoms. The largest absolute Gasteiger partial charge is 0.368 e. The number of hydrogen-bond donors (Lipinski definition) is 0. The maximum Gasteiger partial charge on any atom is 0.262 e. The Bertz CT molecular complexity index is 2540. The Morgan fingerprint density at radius 2 is 1.09 bits per heavy atom. The highest BCUT2D eigenvalue weighted by molar-refractivity contribution is 7.99. The van der Waals surface area contributed by atoms with Crippen LogP contribution < -0.4 is 0 Å². The third-order valence-electron chi connectivity index (χ3n) is 12.4. The van der Waals surface area contributed by atoms with E-state index in [0.29, 0.717) is 11.6 Å². The Hall–Kier alpha value is -5.22. The molecule has 0 spiro atoms. The molecule has 4 heterocycles. The monoisotopic (exact) mass is 939 g/mol. The molecule has 3 fully saturated rings. The summed E-state index contributed by atoms with van der Waals surface area (Å²) >= 11 is 7.70. The fourth-order valence-electron chi connectivity index (χ4n) is 9.12. The number of thioether (sulfide) groups is 1. The maximum absolute atomic E-state index is 14.7. The molecule has 11 nitrogen and oxygen atoms in total. The predicted octanol–water partition coefficient (Wildman–Crippen LogP) is 9.82. The topological polar surface area (TPSA) is 111 Å². The van der Waals surface area contributed by atoms with Crippen molar-refractivity contribution in [1.82, 2.24) is 4.90 Å². The Balaban J connectivity index is 1.07. The normalized spacial score (nSPS) is 28.2. The second-order valence-corrected chi connectivity index (χ2v) is 18.5. The molecule has 6 aromatic carbocycles. The summed E-state index contributed by atoms with van der Waals surface area (Å²) in [5, 5.41) is 0.563. The number of hydrogen-bond acceptors (Lipinski definition) is 11. The highest BCUT2D eigenvalue weighted by Crippen LogP contribution is 2.45. The van der Waals surface area contributed by atoms with Gasteiger partial charge in [-0.3, -0.25) is 14.5 Å². The molecule has 10 rings (SSSR count). The van der Waals surface area contributed by atoms with Gasteiger partial charge in [-0.25, -0.2) is 0 Å². The van der Waals surface area contributed by atoms with Crippen molar-refractivity contribution >= 4 is 35.2 Å². The smallest absolute Gasteiger partial charge is 0.262 e. The van der Waals surface area contributed by atoms with Gasteiger partial charge in [0.05, 0.1) is 43.7 Å². The Labute approximate surface area is 399 Å². The van der Waals surface area contributed by atoms with Crippen LogP contribution in [0.5, 0.6) is 0 Å². The van der Waals surface area contributed by atoms with Crippen LogP contribution in [0, 0.1) is 0 Å². The van der Waals surface area contributed by atoms with Crippen molar-refractivity contribution in [2.45, 2.75) is 98.4 Å². The highest BCUT2D eigenvalue weighted by Gasteiger charge is 2.59. The number of carbonyl (C=O) groups is 2. The van der Waals surface area contributed by atoms with Crippen molar-refractivity contribution in [3.05, 3.63) is 208 Å². The molecule has 11 atom stereocenters. The first kappa shape index (κ1) is 45.6. The molecule has 344 valence electrons. The van der Waals surface area contributed by atoms with Gasteiger partial charge in [-0.15, -0.1) is 0 Å². The van der Waals surface area contributed by atoms with Crippen LogP contribution in [0.25, 0.3) is 0 Å². The minimum absolute atomic E-state index is 0.130. The molecule has 0 aromatic heterocycles. The second kappa shape index (κ2) is 21.0. The van der Waals surface area contributed by atoms with E-state index in [1.165, 1.54) is 16.7 Å². The van der Waals surface area contributed by atoms with E-state index in [-0.39, 0.29) is 30.9 Å². The van der Waals surface area contributed by atoms with Gasteiger partial charge >= 0.3 is 0 Å². The van der Waals surface area contributed by atoms with Crippen molar-refractivity contribution in [3.8, 4) is 0 Å². The lowest BCUT2D eigenvalue weighted by molar-refractivity contribution is -0.365. The van der Waals surface area contributed by atoms with E-state index in [9.17, 15) is 9.59 Å². The second-order valence-electron chi connectivity index (χ2n) is 16.9. The summed E-state index contributed by atoms with van der Waals surface area (Å²) in [4.78, 5) is 31.5. The lowest BCUT2D eigenvalue weighted by Crippen LogP contribution is -2.69. The van der Waals surface area contributed by atoms with Gasteiger partial charge in [0.1, 0.15) is 48.1 Å². The summed E-state index contributed by atoms with van der Waals surface area (Å²) < 4.78 is 55.3. The fraction of sp³-hybridized carbons (Fsp3) is 0.296. The van der Waals surface area contributed by atoms with E-state index in [4.69, 9.17) is 49.5 Å². The third-order valence-corrected chi connectivity index (χ3v) is 13.9. The number of benzene rings is 6. The molecule has 4 aliphatic rings. The average molecular weight is 941 g/mol. The van der Waals surface area contributed by atoms with Crippen LogP contribution in [0.2, 0.25) is 5.02 Å². The van der Waals surface area contributed by atoms with Crippen molar-refractivity contribution in [2.75, 3.05) is 6.61 Å². The number of ether oxygens (including phenoxy) is 8. The van der Waals surface area contributed by atoms with E-state index in [1.807, 2.05) is 140 Å².